The van der Waals surface area contributed by atoms with E-state index in [-0.39, 0.29) is 27.6 Å². The second-order valence-electron chi connectivity index (χ2n) is 7.65. The molecule has 0 unspecified atom stereocenters. The van der Waals surface area contributed by atoms with Crippen LogP contribution >= 0.6 is 11.6 Å². The standard InChI is InChI=1S/C21H20ClF4N5O2/c22-17-18(20(32)27-6-1-7-30-8-10-33-11-9-30)29-31-16(21(24,25)26)12-15(28-19(17)31)13-2-4-14(23)5-3-13/h2-5,12H,1,6-11H2,(H,27,32)/p+1. The van der Waals surface area contributed by atoms with Gasteiger partial charge in [-0.05, 0) is 30.3 Å². The highest BCUT2D eigenvalue weighted by atomic mass is 35.5. The van der Waals surface area contributed by atoms with Gasteiger partial charge in [0, 0.05) is 18.5 Å². The van der Waals surface area contributed by atoms with Gasteiger partial charge >= 0.3 is 6.18 Å². The van der Waals surface area contributed by atoms with Crippen molar-refractivity contribution in [3.63, 3.8) is 0 Å². The van der Waals surface area contributed by atoms with Gasteiger partial charge in [0.15, 0.2) is 17.0 Å². The van der Waals surface area contributed by atoms with Crippen molar-refractivity contribution in [1.29, 1.82) is 0 Å². The maximum atomic E-state index is 13.7. The number of rotatable bonds is 6. The number of nitrogens with zero attached hydrogens (tertiary/aromatic N) is 3. The number of quaternary nitrogens is 1. The van der Waals surface area contributed by atoms with Crippen LogP contribution < -0.4 is 10.2 Å². The van der Waals surface area contributed by atoms with Crippen LogP contribution in [0.2, 0.25) is 5.02 Å². The Morgan fingerprint density at radius 2 is 1.91 bits per heavy atom. The number of halogens is 5. The van der Waals surface area contributed by atoms with E-state index in [1.54, 1.807) is 0 Å². The Morgan fingerprint density at radius 3 is 2.58 bits per heavy atom. The highest BCUT2D eigenvalue weighted by molar-refractivity contribution is 6.36. The molecule has 3 heterocycles. The predicted molar refractivity (Wildman–Crippen MR) is 112 cm³/mol. The summed E-state index contributed by atoms with van der Waals surface area (Å²) in [4.78, 5) is 18.1. The zero-order chi connectivity index (χ0) is 23.6. The molecule has 1 aliphatic rings. The molecule has 4 rings (SSSR count). The molecule has 1 aromatic carbocycles. The largest absolute Gasteiger partial charge is 0.433 e. The molecule has 0 spiro atoms. The van der Waals surface area contributed by atoms with Gasteiger partial charge in [0.05, 0.1) is 25.5 Å². The van der Waals surface area contributed by atoms with Crippen LogP contribution in [0.1, 0.15) is 22.6 Å². The number of hydrogen-bond acceptors (Lipinski definition) is 4. The number of alkyl halides is 3. The fourth-order valence-electron chi connectivity index (χ4n) is 3.64. The molecule has 1 amide bonds. The lowest BCUT2D eigenvalue weighted by Crippen LogP contribution is -3.14. The van der Waals surface area contributed by atoms with E-state index in [9.17, 15) is 22.4 Å². The number of amides is 1. The molecule has 1 aliphatic heterocycles. The Bertz CT molecular complexity index is 1140. The van der Waals surface area contributed by atoms with Crippen molar-refractivity contribution in [3.8, 4) is 11.3 Å². The van der Waals surface area contributed by atoms with E-state index in [1.807, 2.05) is 0 Å². The summed E-state index contributed by atoms with van der Waals surface area (Å²) in [6.07, 6.45) is -4.10. The average molecular weight is 487 g/mol. The summed E-state index contributed by atoms with van der Waals surface area (Å²) in [6, 6.07) is 5.63. The molecule has 0 atom stereocenters. The van der Waals surface area contributed by atoms with E-state index < -0.39 is 23.6 Å². The first kappa shape index (κ1) is 23.4. The number of ether oxygens (including phenoxy) is 1. The molecule has 0 bridgehead atoms. The van der Waals surface area contributed by atoms with Gasteiger partial charge in [-0.2, -0.15) is 18.3 Å². The van der Waals surface area contributed by atoms with Crippen LogP contribution in [0.25, 0.3) is 16.9 Å². The topological polar surface area (TPSA) is 73.0 Å². The Hall–Kier alpha value is -2.76. The van der Waals surface area contributed by atoms with Crippen LogP contribution in [0, 0.1) is 5.82 Å². The first-order chi connectivity index (χ1) is 15.7. The predicted octanol–water partition coefficient (Wildman–Crippen LogP) is 2.24. The van der Waals surface area contributed by atoms with E-state index in [2.05, 4.69) is 15.4 Å². The number of carbonyl (C=O) groups excluding carboxylic acids is 1. The molecule has 7 nitrogen and oxygen atoms in total. The average Bonchev–Trinajstić information content (AvgIpc) is 3.13. The van der Waals surface area contributed by atoms with Gasteiger partial charge in [-0.25, -0.2) is 13.9 Å². The minimum atomic E-state index is -4.79. The third-order valence-corrected chi connectivity index (χ3v) is 5.72. The summed E-state index contributed by atoms with van der Waals surface area (Å²) in [5.41, 5.74) is -1.61. The van der Waals surface area contributed by atoms with E-state index in [4.69, 9.17) is 16.3 Å². The maximum absolute atomic E-state index is 13.7. The summed E-state index contributed by atoms with van der Waals surface area (Å²) in [6.45, 7) is 4.36. The number of carbonyl (C=O) groups is 1. The summed E-state index contributed by atoms with van der Waals surface area (Å²) in [7, 11) is 0. The van der Waals surface area contributed by atoms with Crippen LogP contribution in [-0.4, -0.2) is 59.9 Å². The van der Waals surface area contributed by atoms with Crippen molar-refractivity contribution in [2.75, 3.05) is 39.4 Å². The highest BCUT2D eigenvalue weighted by Gasteiger charge is 2.36. The Morgan fingerprint density at radius 1 is 1.21 bits per heavy atom. The molecule has 0 saturated carbocycles. The summed E-state index contributed by atoms with van der Waals surface area (Å²) >= 11 is 6.24. The van der Waals surface area contributed by atoms with Crippen LogP contribution in [0.5, 0.6) is 0 Å². The van der Waals surface area contributed by atoms with E-state index in [0.29, 0.717) is 30.7 Å². The second-order valence-corrected chi connectivity index (χ2v) is 8.03. The monoisotopic (exact) mass is 486 g/mol. The SMILES string of the molecule is O=C(NCCC[NH+]1CCOCC1)c1nn2c(C(F)(F)F)cc(-c3ccc(F)cc3)nc2c1Cl. The molecule has 2 aromatic heterocycles. The van der Waals surface area contributed by atoms with Gasteiger partial charge in [-0.3, -0.25) is 4.79 Å². The molecule has 1 saturated heterocycles. The van der Waals surface area contributed by atoms with Gasteiger partial charge in [-0.1, -0.05) is 11.6 Å². The van der Waals surface area contributed by atoms with E-state index >= 15 is 0 Å². The minimum absolute atomic E-state index is 0.0722. The van der Waals surface area contributed by atoms with Gasteiger partial charge in [0.2, 0.25) is 0 Å². The fourth-order valence-corrected chi connectivity index (χ4v) is 3.89. The number of morpholine rings is 1. The fraction of sp³-hybridized carbons (Fsp3) is 0.381. The van der Waals surface area contributed by atoms with Gasteiger partial charge in [-0.15, -0.1) is 0 Å². The molecule has 0 aliphatic carbocycles. The zero-order valence-electron chi connectivity index (χ0n) is 17.4. The summed E-state index contributed by atoms with van der Waals surface area (Å²) in [5, 5.41) is 6.17. The van der Waals surface area contributed by atoms with Gasteiger partial charge in [0.25, 0.3) is 5.91 Å². The first-order valence-corrected chi connectivity index (χ1v) is 10.7. The molecule has 0 radical (unpaired) electrons. The third-order valence-electron chi connectivity index (χ3n) is 5.37. The number of aromatic nitrogens is 3. The highest BCUT2D eigenvalue weighted by Crippen LogP contribution is 2.34. The van der Waals surface area contributed by atoms with Crippen molar-refractivity contribution >= 4 is 23.2 Å². The van der Waals surface area contributed by atoms with Crippen molar-refractivity contribution in [1.82, 2.24) is 19.9 Å². The van der Waals surface area contributed by atoms with Crippen LogP contribution in [0.3, 0.4) is 0 Å². The smallest absolute Gasteiger partial charge is 0.370 e. The van der Waals surface area contributed by atoms with Crippen molar-refractivity contribution in [3.05, 3.63) is 52.6 Å². The van der Waals surface area contributed by atoms with Gasteiger partial charge < -0.3 is 15.0 Å². The van der Waals surface area contributed by atoms with E-state index in [0.717, 1.165) is 37.8 Å². The minimum Gasteiger partial charge on any atom is -0.370 e. The molecule has 33 heavy (non-hydrogen) atoms. The second kappa shape index (κ2) is 9.62. The normalized spacial score (nSPS) is 15.2. The Balaban J connectivity index is 1.58. The third kappa shape index (κ3) is 5.26. The Kier molecular flexibility index (Phi) is 6.82. The molecule has 12 heteroatoms. The summed E-state index contributed by atoms with van der Waals surface area (Å²) < 4.78 is 60.3. The van der Waals surface area contributed by atoms with E-state index in [1.165, 1.54) is 17.0 Å². The number of nitrogens with one attached hydrogen (secondary N) is 2. The van der Waals surface area contributed by atoms with Crippen LogP contribution in [0.4, 0.5) is 17.6 Å². The molecule has 2 N–H and O–H groups in total. The lowest BCUT2D eigenvalue weighted by Gasteiger charge is -2.23. The van der Waals surface area contributed by atoms with Crippen molar-refractivity contribution in [2.24, 2.45) is 0 Å². The Labute approximate surface area is 191 Å². The summed E-state index contributed by atoms with van der Waals surface area (Å²) in [5.74, 6) is -1.22. The lowest BCUT2D eigenvalue weighted by molar-refractivity contribution is -0.908. The maximum Gasteiger partial charge on any atom is 0.433 e. The molecule has 1 fully saturated rings. The molecule has 3 aromatic rings. The quantitative estimate of drug-likeness (QED) is 0.414. The van der Waals surface area contributed by atoms with Crippen LogP contribution in [-0.2, 0) is 10.9 Å². The van der Waals surface area contributed by atoms with Crippen molar-refractivity contribution < 1.29 is 32.0 Å². The first-order valence-electron chi connectivity index (χ1n) is 10.4. The molecular formula is C21H21ClF4N5O2+. The molecule has 176 valence electrons. The van der Waals surface area contributed by atoms with Crippen LogP contribution in [0.15, 0.2) is 30.3 Å². The number of fused-ring (bicyclic) bond motifs is 1. The van der Waals surface area contributed by atoms with Gasteiger partial charge in [0.1, 0.15) is 23.9 Å². The zero-order valence-corrected chi connectivity index (χ0v) is 18.1. The lowest BCUT2D eigenvalue weighted by atomic mass is 10.1. The molecular weight excluding hydrogens is 466 g/mol. The number of hydrogen-bond donors (Lipinski definition) is 2. The van der Waals surface area contributed by atoms with Crippen molar-refractivity contribution in [2.45, 2.75) is 12.6 Å². The number of benzene rings is 1.